The van der Waals surface area contributed by atoms with Gasteiger partial charge in [-0.1, -0.05) is 0 Å². The third kappa shape index (κ3) is 2.39. The predicted octanol–water partition coefficient (Wildman–Crippen LogP) is 3.08. The Hall–Kier alpha value is -2.32. The maximum absolute atomic E-state index is 14.4. The number of carbonyl (C=O) groups excluding carboxylic acids is 1. The van der Waals surface area contributed by atoms with E-state index in [1.807, 2.05) is 0 Å². The lowest BCUT2D eigenvalue weighted by atomic mass is 10.1. The van der Waals surface area contributed by atoms with Crippen molar-refractivity contribution in [1.29, 1.82) is 0 Å². The minimum atomic E-state index is -3.75. The molecule has 0 aliphatic rings. The molecule has 3 N–H and O–H groups in total. The summed E-state index contributed by atoms with van der Waals surface area (Å²) in [6.07, 6.45) is -3.74. The first kappa shape index (κ1) is 15.1. The van der Waals surface area contributed by atoms with Gasteiger partial charge >= 0.3 is 11.8 Å². The molecule has 0 fully saturated rings. The number of alkyl halides is 3. The number of nitrogens with two attached hydrogens (primary N) is 1. The summed E-state index contributed by atoms with van der Waals surface area (Å²) in [5.74, 6) is -6.97. The van der Waals surface area contributed by atoms with Crippen molar-refractivity contribution < 1.29 is 31.2 Å². The quantitative estimate of drug-likeness (QED) is 0.676. The van der Waals surface area contributed by atoms with Crippen LogP contribution in [0.15, 0.2) is 16.5 Å². The van der Waals surface area contributed by atoms with Gasteiger partial charge in [-0.15, -0.1) is 0 Å². The molecule has 1 aromatic heterocycles. The van der Waals surface area contributed by atoms with E-state index in [0.29, 0.717) is 6.07 Å². The van der Waals surface area contributed by atoms with Crippen LogP contribution >= 0.6 is 0 Å². The molecule has 2 aromatic rings. The van der Waals surface area contributed by atoms with Crippen LogP contribution in [0.3, 0.4) is 0 Å². The third-order valence-electron chi connectivity index (χ3n) is 2.89. The molecule has 4 nitrogen and oxygen atoms in total. The number of carbonyl (C=O) groups is 1. The molecule has 0 saturated carbocycles. The fourth-order valence-electron chi connectivity index (χ4n) is 1.98. The number of rotatable bonds is 3. The second kappa shape index (κ2) is 4.90. The van der Waals surface area contributed by atoms with E-state index < -0.39 is 41.2 Å². The van der Waals surface area contributed by atoms with Gasteiger partial charge < -0.3 is 10.2 Å². The zero-order chi connectivity index (χ0) is 15.9. The molecule has 1 atom stereocenters. The van der Waals surface area contributed by atoms with Crippen LogP contribution in [0, 0.1) is 18.6 Å². The molecule has 0 spiro atoms. The molecule has 0 aliphatic heterocycles. The standard InChI is InChI=1S/C12H9F5N2O2/c1-4-6-2-5(13)3-7(14)8(6)21-9(4)12(17,10(15)16)19-11(18)20/h2-3,10H,1H3,(H3,18,19,20). The molecule has 2 amide bonds. The Labute approximate surface area is 114 Å². The zero-order valence-corrected chi connectivity index (χ0v) is 10.5. The Morgan fingerprint density at radius 3 is 2.52 bits per heavy atom. The van der Waals surface area contributed by atoms with Crippen LogP contribution in [0.4, 0.5) is 26.7 Å². The Bertz CT molecular complexity index is 715. The second-order valence-electron chi connectivity index (χ2n) is 4.32. The highest BCUT2D eigenvalue weighted by atomic mass is 19.3. The Morgan fingerprint density at radius 1 is 1.38 bits per heavy atom. The van der Waals surface area contributed by atoms with Crippen molar-refractivity contribution in [2.45, 2.75) is 19.1 Å². The molecule has 0 saturated heterocycles. The van der Waals surface area contributed by atoms with Crippen molar-refractivity contribution in [2.24, 2.45) is 5.73 Å². The maximum Gasteiger partial charge on any atom is 0.315 e. The van der Waals surface area contributed by atoms with Gasteiger partial charge in [0.1, 0.15) is 5.82 Å². The second-order valence-corrected chi connectivity index (χ2v) is 4.32. The summed E-state index contributed by atoms with van der Waals surface area (Å²) >= 11 is 0. The molecule has 0 bridgehead atoms. The molecule has 1 heterocycles. The SMILES string of the molecule is Cc1c(C(F)(NC(N)=O)C(F)F)oc2c(F)cc(F)cc12. The minimum absolute atomic E-state index is 0.226. The summed E-state index contributed by atoms with van der Waals surface area (Å²) in [7, 11) is 0. The maximum atomic E-state index is 14.4. The van der Waals surface area contributed by atoms with E-state index in [0.717, 1.165) is 13.0 Å². The van der Waals surface area contributed by atoms with Gasteiger partial charge in [0.15, 0.2) is 17.2 Å². The highest BCUT2D eigenvalue weighted by Gasteiger charge is 2.48. The average molecular weight is 308 g/mol. The van der Waals surface area contributed by atoms with Gasteiger partial charge in [0.05, 0.1) is 0 Å². The molecule has 1 unspecified atom stereocenters. The third-order valence-corrected chi connectivity index (χ3v) is 2.89. The van der Waals surface area contributed by atoms with E-state index in [4.69, 9.17) is 4.42 Å². The fourth-order valence-corrected chi connectivity index (χ4v) is 1.98. The van der Waals surface area contributed by atoms with Gasteiger partial charge in [0, 0.05) is 17.0 Å². The number of primary amides is 1. The monoisotopic (exact) mass is 308 g/mol. The van der Waals surface area contributed by atoms with E-state index in [9.17, 15) is 26.7 Å². The fraction of sp³-hybridized carbons (Fsp3) is 0.250. The lowest BCUT2D eigenvalue weighted by molar-refractivity contribution is -0.0667. The number of furan rings is 1. The van der Waals surface area contributed by atoms with Crippen molar-refractivity contribution >= 4 is 17.0 Å². The van der Waals surface area contributed by atoms with Crippen LogP contribution in [-0.4, -0.2) is 12.5 Å². The first-order valence-electron chi connectivity index (χ1n) is 5.60. The number of halogens is 5. The van der Waals surface area contributed by atoms with Crippen LogP contribution in [0.2, 0.25) is 0 Å². The number of urea groups is 1. The van der Waals surface area contributed by atoms with Gasteiger partial charge in [0.25, 0.3) is 6.43 Å². The van der Waals surface area contributed by atoms with Crippen LogP contribution in [0.5, 0.6) is 0 Å². The van der Waals surface area contributed by atoms with E-state index in [1.54, 1.807) is 0 Å². The number of hydrogen-bond acceptors (Lipinski definition) is 2. The number of amides is 2. The Balaban J connectivity index is 2.72. The Kier molecular flexibility index (Phi) is 3.52. The summed E-state index contributed by atoms with van der Waals surface area (Å²) in [6, 6.07) is -0.306. The first-order valence-corrected chi connectivity index (χ1v) is 5.60. The van der Waals surface area contributed by atoms with Crippen molar-refractivity contribution in [2.75, 3.05) is 0 Å². The molecular weight excluding hydrogens is 299 g/mol. The minimum Gasteiger partial charge on any atom is -0.452 e. The van der Waals surface area contributed by atoms with Crippen LogP contribution < -0.4 is 11.1 Å². The summed E-state index contributed by atoms with van der Waals surface area (Å²) in [6.45, 7) is 1.12. The molecule has 2 rings (SSSR count). The van der Waals surface area contributed by atoms with Gasteiger partial charge in [0.2, 0.25) is 0 Å². The highest BCUT2D eigenvalue weighted by molar-refractivity contribution is 5.83. The normalized spacial score (nSPS) is 14.4. The number of fused-ring (bicyclic) bond motifs is 1. The van der Waals surface area contributed by atoms with Crippen molar-refractivity contribution in [3.05, 3.63) is 35.1 Å². The number of hydrogen-bond donors (Lipinski definition) is 2. The zero-order valence-electron chi connectivity index (χ0n) is 10.5. The largest absolute Gasteiger partial charge is 0.452 e. The molecular formula is C12H9F5N2O2. The van der Waals surface area contributed by atoms with Crippen LogP contribution in [-0.2, 0) is 5.79 Å². The predicted molar refractivity (Wildman–Crippen MR) is 62.4 cm³/mol. The van der Waals surface area contributed by atoms with Crippen molar-refractivity contribution in [1.82, 2.24) is 5.32 Å². The molecule has 114 valence electrons. The summed E-state index contributed by atoms with van der Waals surface area (Å²) in [5.41, 5.74) is 3.78. The van der Waals surface area contributed by atoms with Crippen LogP contribution in [0.1, 0.15) is 11.3 Å². The van der Waals surface area contributed by atoms with Crippen LogP contribution in [0.25, 0.3) is 11.0 Å². The Morgan fingerprint density at radius 2 is 2.00 bits per heavy atom. The van der Waals surface area contributed by atoms with E-state index in [1.165, 1.54) is 5.32 Å². The van der Waals surface area contributed by atoms with Crippen molar-refractivity contribution in [3.63, 3.8) is 0 Å². The summed E-state index contributed by atoms with van der Waals surface area (Å²) in [5, 5.41) is 0.995. The van der Waals surface area contributed by atoms with Crippen molar-refractivity contribution in [3.8, 4) is 0 Å². The topological polar surface area (TPSA) is 68.3 Å². The van der Waals surface area contributed by atoms with Gasteiger partial charge in [-0.3, -0.25) is 5.32 Å². The average Bonchev–Trinajstić information content (AvgIpc) is 2.67. The van der Waals surface area contributed by atoms with E-state index >= 15 is 0 Å². The number of nitrogens with one attached hydrogen (secondary N) is 1. The molecule has 1 aromatic carbocycles. The van der Waals surface area contributed by atoms with Gasteiger partial charge in [-0.2, -0.15) is 0 Å². The highest BCUT2D eigenvalue weighted by Crippen LogP contribution is 2.38. The molecule has 0 aliphatic carbocycles. The van der Waals surface area contributed by atoms with Gasteiger partial charge in [-0.25, -0.2) is 26.7 Å². The molecule has 21 heavy (non-hydrogen) atoms. The van der Waals surface area contributed by atoms with E-state index in [-0.39, 0.29) is 10.9 Å². The first-order chi connectivity index (χ1) is 9.66. The molecule has 0 radical (unpaired) electrons. The van der Waals surface area contributed by atoms with E-state index in [2.05, 4.69) is 5.73 Å². The number of benzene rings is 1. The smallest absolute Gasteiger partial charge is 0.315 e. The lowest BCUT2D eigenvalue weighted by Crippen LogP contribution is -2.50. The summed E-state index contributed by atoms with van der Waals surface area (Å²) in [4.78, 5) is 10.7. The lowest BCUT2D eigenvalue weighted by Gasteiger charge is -2.23. The summed E-state index contributed by atoms with van der Waals surface area (Å²) < 4.78 is 71.7. The molecule has 9 heteroatoms. The van der Waals surface area contributed by atoms with Gasteiger partial charge in [-0.05, 0) is 13.0 Å². The number of aryl methyl sites for hydroxylation is 1.